The zero-order valence-corrected chi connectivity index (χ0v) is 16.8. The first-order valence-electron chi connectivity index (χ1n) is 9.92. The smallest absolute Gasteiger partial charge is 0.247 e. The highest BCUT2D eigenvalue weighted by atomic mass is 16.5. The van der Waals surface area contributed by atoms with Crippen molar-refractivity contribution in [2.24, 2.45) is 5.92 Å². The van der Waals surface area contributed by atoms with E-state index >= 15 is 0 Å². The lowest BCUT2D eigenvalue weighted by Gasteiger charge is -2.30. The standard InChI is InChI=1S/C23H25N3O3/c1-16-4-3-5-19(14-16)23-25-24-21(29-23)15-26-12-10-18(11-13-26)22(27)17-6-8-20(28-2)9-7-17/h3-9,14,18H,10-13,15H2,1-2H3. The molecule has 0 atom stereocenters. The minimum atomic E-state index is 0.0604. The molecule has 1 aromatic heterocycles. The van der Waals surface area contributed by atoms with Gasteiger partial charge in [-0.25, -0.2) is 0 Å². The summed E-state index contributed by atoms with van der Waals surface area (Å²) >= 11 is 0. The predicted molar refractivity (Wildman–Crippen MR) is 110 cm³/mol. The average Bonchev–Trinajstić information content (AvgIpc) is 3.22. The van der Waals surface area contributed by atoms with E-state index in [2.05, 4.69) is 15.1 Å². The van der Waals surface area contributed by atoms with Crippen LogP contribution >= 0.6 is 0 Å². The zero-order chi connectivity index (χ0) is 20.2. The van der Waals surface area contributed by atoms with Crippen LogP contribution in [0.25, 0.3) is 11.5 Å². The van der Waals surface area contributed by atoms with Gasteiger partial charge in [-0.1, -0.05) is 17.7 Å². The number of likely N-dealkylation sites (tertiary alicyclic amines) is 1. The molecule has 0 unspecified atom stereocenters. The van der Waals surface area contributed by atoms with E-state index in [9.17, 15) is 4.79 Å². The van der Waals surface area contributed by atoms with E-state index in [-0.39, 0.29) is 11.7 Å². The van der Waals surface area contributed by atoms with Gasteiger partial charge in [0, 0.05) is 17.0 Å². The second-order valence-corrected chi connectivity index (χ2v) is 7.51. The molecule has 0 N–H and O–H groups in total. The first kappa shape index (κ1) is 19.3. The van der Waals surface area contributed by atoms with Gasteiger partial charge in [0.2, 0.25) is 11.8 Å². The third kappa shape index (κ3) is 4.54. The molecule has 0 bridgehead atoms. The van der Waals surface area contributed by atoms with Gasteiger partial charge in [-0.15, -0.1) is 10.2 Å². The summed E-state index contributed by atoms with van der Waals surface area (Å²) in [6.45, 7) is 4.34. The van der Waals surface area contributed by atoms with Gasteiger partial charge >= 0.3 is 0 Å². The van der Waals surface area contributed by atoms with Crippen molar-refractivity contribution in [2.75, 3.05) is 20.2 Å². The van der Waals surface area contributed by atoms with E-state index in [0.29, 0.717) is 18.3 Å². The molecule has 150 valence electrons. The summed E-state index contributed by atoms with van der Waals surface area (Å²) in [5, 5.41) is 8.38. The molecule has 3 aromatic rings. The second-order valence-electron chi connectivity index (χ2n) is 7.51. The van der Waals surface area contributed by atoms with Gasteiger partial charge in [-0.2, -0.15) is 0 Å². The molecule has 1 saturated heterocycles. The summed E-state index contributed by atoms with van der Waals surface area (Å²) in [6.07, 6.45) is 1.67. The van der Waals surface area contributed by atoms with Gasteiger partial charge in [0.1, 0.15) is 5.75 Å². The van der Waals surface area contributed by atoms with Crippen molar-refractivity contribution in [2.45, 2.75) is 26.3 Å². The van der Waals surface area contributed by atoms with Gasteiger partial charge < -0.3 is 9.15 Å². The van der Waals surface area contributed by atoms with Crippen LogP contribution in [-0.4, -0.2) is 41.1 Å². The van der Waals surface area contributed by atoms with E-state index in [0.717, 1.165) is 48.4 Å². The number of carbonyl (C=O) groups is 1. The fourth-order valence-corrected chi connectivity index (χ4v) is 3.75. The van der Waals surface area contributed by atoms with E-state index in [1.165, 1.54) is 0 Å². The Morgan fingerprint density at radius 3 is 2.59 bits per heavy atom. The molecule has 4 rings (SSSR count). The molecule has 6 heteroatoms. The lowest BCUT2D eigenvalue weighted by Crippen LogP contribution is -2.36. The monoisotopic (exact) mass is 391 g/mol. The highest BCUT2D eigenvalue weighted by molar-refractivity contribution is 5.98. The van der Waals surface area contributed by atoms with Gasteiger partial charge in [-0.05, 0) is 69.3 Å². The highest BCUT2D eigenvalue weighted by Gasteiger charge is 2.26. The van der Waals surface area contributed by atoms with Crippen LogP contribution in [-0.2, 0) is 6.54 Å². The van der Waals surface area contributed by atoms with Crippen molar-refractivity contribution >= 4 is 5.78 Å². The summed E-state index contributed by atoms with van der Waals surface area (Å²) in [5.41, 5.74) is 2.85. The summed E-state index contributed by atoms with van der Waals surface area (Å²) in [4.78, 5) is 15.0. The Morgan fingerprint density at radius 2 is 1.90 bits per heavy atom. The summed E-state index contributed by atoms with van der Waals surface area (Å²) in [7, 11) is 1.62. The predicted octanol–water partition coefficient (Wildman–Crippen LogP) is 4.15. The van der Waals surface area contributed by atoms with Gasteiger partial charge in [0.15, 0.2) is 5.78 Å². The van der Waals surface area contributed by atoms with Crippen LogP contribution in [0, 0.1) is 12.8 Å². The maximum Gasteiger partial charge on any atom is 0.247 e. The lowest BCUT2D eigenvalue weighted by atomic mass is 9.89. The summed E-state index contributed by atoms with van der Waals surface area (Å²) in [6, 6.07) is 15.4. The number of piperidine rings is 1. The molecule has 29 heavy (non-hydrogen) atoms. The van der Waals surface area contributed by atoms with Gasteiger partial charge in [0.25, 0.3) is 0 Å². The molecule has 6 nitrogen and oxygen atoms in total. The van der Waals surface area contributed by atoms with E-state index in [1.807, 2.05) is 55.5 Å². The molecule has 0 saturated carbocycles. The molecule has 0 aliphatic carbocycles. The number of methoxy groups -OCH3 is 1. The van der Waals surface area contributed by atoms with Crippen molar-refractivity contribution in [3.8, 4) is 17.2 Å². The number of ether oxygens (including phenoxy) is 1. The highest BCUT2D eigenvalue weighted by Crippen LogP contribution is 2.25. The number of nitrogens with zero attached hydrogens (tertiary/aromatic N) is 3. The molecular formula is C23H25N3O3. The molecule has 2 heterocycles. The van der Waals surface area contributed by atoms with Crippen molar-refractivity contribution < 1.29 is 13.9 Å². The van der Waals surface area contributed by atoms with E-state index in [1.54, 1.807) is 7.11 Å². The lowest BCUT2D eigenvalue weighted by molar-refractivity contribution is 0.0827. The van der Waals surface area contributed by atoms with E-state index in [4.69, 9.17) is 9.15 Å². The maximum atomic E-state index is 12.8. The second kappa shape index (κ2) is 8.57. The van der Waals surface area contributed by atoms with Crippen molar-refractivity contribution in [3.05, 3.63) is 65.5 Å². The number of benzene rings is 2. The number of Topliss-reactive ketones (excluding diaryl/α,β-unsaturated/α-hetero) is 1. The van der Waals surface area contributed by atoms with Crippen LogP contribution in [0.15, 0.2) is 52.9 Å². The van der Waals surface area contributed by atoms with Crippen LogP contribution in [0.2, 0.25) is 0 Å². The molecule has 1 aliphatic heterocycles. The molecule has 0 amide bonds. The third-order valence-corrected chi connectivity index (χ3v) is 5.42. The Hall–Kier alpha value is -2.99. The fourth-order valence-electron chi connectivity index (χ4n) is 3.75. The summed E-state index contributed by atoms with van der Waals surface area (Å²) < 4.78 is 11.0. The number of rotatable bonds is 6. The van der Waals surface area contributed by atoms with Crippen LogP contribution in [0.5, 0.6) is 5.75 Å². The van der Waals surface area contributed by atoms with Gasteiger partial charge in [0.05, 0.1) is 13.7 Å². The quantitative estimate of drug-likeness (QED) is 0.588. The molecule has 0 spiro atoms. The van der Waals surface area contributed by atoms with Gasteiger partial charge in [-0.3, -0.25) is 9.69 Å². The number of ketones is 1. The van der Waals surface area contributed by atoms with Crippen LogP contribution in [0.4, 0.5) is 0 Å². The molecule has 1 fully saturated rings. The first-order chi connectivity index (χ1) is 14.1. The topological polar surface area (TPSA) is 68.5 Å². The number of hydrogen-bond donors (Lipinski definition) is 0. The number of hydrogen-bond acceptors (Lipinski definition) is 6. The average molecular weight is 391 g/mol. The Morgan fingerprint density at radius 1 is 1.14 bits per heavy atom. The SMILES string of the molecule is COc1ccc(C(=O)C2CCN(Cc3nnc(-c4cccc(C)c4)o3)CC2)cc1. The first-order valence-corrected chi connectivity index (χ1v) is 9.92. The molecule has 0 radical (unpaired) electrons. The Balaban J connectivity index is 1.32. The third-order valence-electron chi connectivity index (χ3n) is 5.42. The number of carbonyl (C=O) groups excluding carboxylic acids is 1. The molecular weight excluding hydrogens is 366 g/mol. The van der Waals surface area contributed by atoms with E-state index < -0.39 is 0 Å². The zero-order valence-electron chi connectivity index (χ0n) is 16.8. The fraction of sp³-hybridized carbons (Fsp3) is 0.348. The van der Waals surface area contributed by atoms with Crippen LogP contribution < -0.4 is 4.74 Å². The van der Waals surface area contributed by atoms with Crippen molar-refractivity contribution in [3.63, 3.8) is 0 Å². The Bertz CT molecular complexity index is 973. The van der Waals surface area contributed by atoms with Crippen LogP contribution in [0.3, 0.4) is 0 Å². The molecule has 2 aromatic carbocycles. The number of aromatic nitrogens is 2. The largest absolute Gasteiger partial charge is 0.497 e. The van der Waals surface area contributed by atoms with Crippen molar-refractivity contribution in [1.29, 1.82) is 0 Å². The Labute approximate surface area is 170 Å². The molecule has 1 aliphatic rings. The Kier molecular flexibility index (Phi) is 5.71. The maximum absolute atomic E-state index is 12.8. The van der Waals surface area contributed by atoms with Crippen molar-refractivity contribution in [1.82, 2.24) is 15.1 Å². The summed E-state index contributed by atoms with van der Waals surface area (Å²) in [5.74, 6) is 2.20. The number of aryl methyl sites for hydroxylation is 1. The normalized spacial score (nSPS) is 15.4. The van der Waals surface area contributed by atoms with Crippen LogP contribution in [0.1, 0.15) is 34.7 Å². The minimum Gasteiger partial charge on any atom is -0.497 e. The minimum absolute atomic E-state index is 0.0604.